The van der Waals surface area contributed by atoms with Crippen molar-refractivity contribution >= 4 is 5.91 Å². The van der Waals surface area contributed by atoms with Crippen LogP contribution in [0.3, 0.4) is 0 Å². The molecule has 1 fully saturated rings. The summed E-state index contributed by atoms with van der Waals surface area (Å²) in [5.74, 6) is 0.0589. The Morgan fingerprint density at radius 3 is 2.58 bits per heavy atom. The molecule has 1 aliphatic carbocycles. The first-order chi connectivity index (χ1) is 12.4. The minimum Gasteiger partial charge on any atom is -0.382 e. The summed E-state index contributed by atoms with van der Waals surface area (Å²) in [5.41, 5.74) is 2.05. The van der Waals surface area contributed by atoms with Crippen LogP contribution < -0.4 is 10.6 Å². The van der Waals surface area contributed by atoms with Crippen LogP contribution in [-0.4, -0.2) is 45.4 Å². The van der Waals surface area contributed by atoms with Crippen molar-refractivity contribution in [2.45, 2.75) is 51.2 Å². The van der Waals surface area contributed by atoms with Gasteiger partial charge in [-0.15, -0.1) is 0 Å². The summed E-state index contributed by atoms with van der Waals surface area (Å²) < 4.78 is 11.6. The fourth-order valence-corrected chi connectivity index (χ4v) is 4.31. The monoisotopic (exact) mass is 360 g/mol. The van der Waals surface area contributed by atoms with Gasteiger partial charge in [-0.1, -0.05) is 45.0 Å². The number of benzene rings is 1. The van der Waals surface area contributed by atoms with Crippen LogP contribution in [-0.2, 0) is 19.7 Å². The molecule has 1 aromatic carbocycles. The number of hydrogen-bond acceptors (Lipinski definition) is 4. The highest BCUT2D eigenvalue weighted by Gasteiger charge is 2.53. The number of ether oxygens (including phenoxy) is 2. The van der Waals surface area contributed by atoms with E-state index in [1.54, 1.807) is 7.11 Å². The summed E-state index contributed by atoms with van der Waals surface area (Å²) in [4.78, 5) is 12.8. The Morgan fingerprint density at radius 2 is 1.92 bits per heavy atom. The summed E-state index contributed by atoms with van der Waals surface area (Å²) in [6.45, 7) is 8.88. The van der Waals surface area contributed by atoms with Crippen LogP contribution in [0.1, 0.15) is 50.8 Å². The molecule has 1 aromatic rings. The van der Waals surface area contributed by atoms with Crippen LogP contribution in [0.4, 0.5) is 0 Å². The van der Waals surface area contributed by atoms with E-state index in [1.807, 2.05) is 20.8 Å². The first-order valence-corrected chi connectivity index (χ1v) is 9.62. The molecule has 5 heteroatoms. The molecule has 0 saturated carbocycles. The lowest BCUT2D eigenvalue weighted by Gasteiger charge is -2.41. The second kappa shape index (κ2) is 7.67. The quantitative estimate of drug-likeness (QED) is 0.793. The first-order valence-electron chi connectivity index (χ1n) is 9.62. The molecule has 0 bridgehead atoms. The Morgan fingerprint density at radius 1 is 1.23 bits per heavy atom. The van der Waals surface area contributed by atoms with E-state index in [4.69, 9.17) is 9.47 Å². The van der Waals surface area contributed by atoms with Crippen LogP contribution in [0.15, 0.2) is 24.3 Å². The van der Waals surface area contributed by atoms with Crippen LogP contribution in [0, 0.1) is 5.41 Å². The van der Waals surface area contributed by atoms with Gasteiger partial charge in [0.05, 0.1) is 25.4 Å². The first kappa shape index (κ1) is 19.3. The summed E-state index contributed by atoms with van der Waals surface area (Å²) in [5, 5.41) is 6.77. The van der Waals surface area contributed by atoms with Gasteiger partial charge < -0.3 is 20.1 Å². The number of carbonyl (C=O) groups is 1. The number of amides is 1. The molecule has 2 atom stereocenters. The lowest BCUT2D eigenvalue weighted by Crippen LogP contribution is -2.51. The molecule has 2 N–H and O–H groups in total. The number of hydrogen-bond donors (Lipinski definition) is 2. The van der Waals surface area contributed by atoms with Crippen molar-refractivity contribution in [3.05, 3.63) is 35.4 Å². The molecule has 0 unspecified atom stereocenters. The van der Waals surface area contributed by atoms with E-state index < -0.39 is 5.41 Å². The molecular weight excluding hydrogens is 328 g/mol. The summed E-state index contributed by atoms with van der Waals surface area (Å²) in [6, 6.07) is 8.40. The van der Waals surface area contributed by atoms with Gasteiger partial charge in [-0.05, 0) is 37.1 Å². The van der Waals surface area contributed by atoms with Crippen LogP contribution in [0.2, 0.25) is 0 Å². The van der Waals surface area contributed by atoms with Gasteiger partial charge in [0.2, 0.25) is 5.91 Å². The molecule has 1 heterocycles. The number of piperidine rings is 1. The van der Waals surface area contributed by atoms with E-state index in [9.17, 15) is 4.79 Å². The average molecular weight is 360 g/mol. The van der Waals surface area contributed by atoms with E-state index in [2.05, 4.69) is 34.9 Å². The van der Waals surface area contributed by atoms with Crippen molar-refractivity contribution in [2.24, 2.45) is 5.41 Å². The molecular formula is C21H32N2O3. The lowest BCUT2D eigenvalue weighted by molar-refractivity contribution is -0.131. The second-order valence-corrected chi connectivity index (χ2v) is 8.48. The summed E-state index contributed by atoms with van der Waals surface area (Å²) >= 11 is 0. The maximum absolute atomic E-state index is 12.8. The number of fused-ring (bicyclic) bond motifs is 2. The predicted molar refractivity (Wildman–Crippen MR) is 102 cm³/mol. The highest BCUT2D eigenvalue weighted by atomic mass is 16.5. The fourth-order valence-electron chi connectivity index (χ4n) is 4.31. The fraction of sp³-hybridized carbons (Fsp3) is 0.667. The van der Waals surface area contributed by atoms with E-state index in [-0.39, 0.29) is 23.5 Å². The zero-order chi connectivity index (χ0) is 18.8. The Balaban J connectivity index is 1.97. The minimum atomic E-state index is -0.435. The van der Waals surface area contributed by atoms with Gasteiger partial charge in [-0.25, -0.2) is 0 Å². The molecule has 0 radical (unpaired) electrons. The normalized spacial score (nSPS) is 24.5. The zero-order valence-electron chi connectivity index (χ0n) is 16.4. The lowest BCUT2D eigenvalue weighted by atomic mass is 9.72. The zero-order valence-corrected chi connectivity index (χ0v) is 16.4. The smallest absolute Gasteiger partial charge is 0.225 e. The minimum absolute atomic E-state index is 0.0502. The van der Waals surface area contributed by atoms with E-state index in [0.717, 1.165) is 25.9 Å². The van der Waals surface area contributed by atoms with Crippen molar-refractivity contribution in [3.63, 3.8) is 0 Å². The molecule has 1 amide bonds. The van der Waals surface area contributed by atoms with Crippen molar-refractivity contribution in [1.29, 1.82) is 0 Å². The third-order valence-corrected chi connectivity index (χ3v) is 5.73. The SMILES string of the molecule is COCCO[C@H]1[C@H](NC(=O)C(C)(C)C)c2ccccc2C12CCNCC2. The third-order valence-electron chi connectivity index (χ3n) is 5.73. The van der Waals surface area contributed by atoms with Crippen LogP contribution >= 0.6 is 0 Å². The van der Waals surface area contributed by atoms with Crippen molar-refractivity contribution < 1.29 is 14.3 Å². The molecule has 0 aromatic heterocycles. The highest BCUT2D eigenvalue weighted by molar-refractivity contribution is 5.82. The standard InChI is InChI=1S/C21H32N2O3/c1-20(2,3)19(24)23-17-15-7-5-6-8-16(15)21(9-11-22-12-10-21)18(17)26-14-13-25-4/h5-8,17-18,22H,9-14H2,1-4H3,(H,23,24)/t17-,18+/m1/s1. The van der Waals surface area contributed by atoms with E-state index in [0.29, 0.717) is 13.2 Å². The molecule has 5 nitrogen and oxygen atoms in total. The number of carbonyl (C=O) groups excluding carboxylic acids is 1. The van der Waals surface area contributed by atoms with Gasteiger partial charge in [0, 0.05) is 17.9 Å². The molecule has 3 rings (SSSR count). The van der Waals surface area contributed by atoms with Crippen LogP contribution in [0.25, 0.3) is 0 Å². The van der Waals surface area contributed by atoms with Gasteiger partial charge in [-0.3, -0.25) is 4.79 Å². The number of rotatable bonds is 5. The van der Waals surface area contributed by atoms with Gasteiger partial charge in [0.1, 0.15) is 0 Å². The Kier molecular flexibility index (Phi) is 5.70. The third kappa shape index (κ3) is 3.53. The maximum atomic E-state index is 12.8. The number of nitrogens with one attached hydrogen (secondary N) is 2. The largest absolute Gasteiger partial charge is 0.382 e. The van der Waals surface area contributed by atoms with E-state index >= 15 is 0 Å². The second-order valence-electron chi connectivity index (χ2n) is 8.48. The Labute approximate surface area is 156 Å². The Bertz CT molecular complexity index is 632. The van der Waals surface area contributed by atoms with E-state index in [1.165, 1.54) is 11.1 Å². The Hall–Kier alpha value is -1.43. The summed E-state index contributed by atoms with van der Waals surface area (Å²) in [6.07, 6.45) is 1.97. The van der Waals surface area contributed by atoms with Gasteiger partial charge >= 0.3 is 0 Å². The number of methoxy groups -OCH3 is 1. The van der Waals surface area contributed by atoms with Crippen molar-refractivity contribution in [2.75, 3.05) is 33.4 Å². The molecule has 26 heavy (non-hydrogen) atoms. The average Bonchev–Trinajstić information content (AvgIpc) is 2.85. The van der Waals surface area contributed by atoms with Crippen molar-refractivity contribution in [1.82, 2.24) is 10.6 Å². The van der Waals surface area contributed by atoms with Crippen molar-refractivity contribution in [3.8, 4) is 0 Å². The predicted octanol–water partition coefficient (Wildman–Crippen LogP) is 2.56. The van der Waals surface area contributed by atoms with Gasteiger partial charge in [-0.2, -0.15) is 0 Å². The van der Waals surface area contributed by atoms with Gasteiger partial charge in [0.15, 0.2) is 0 Å². The highest BCUT2D eigenvalue weighted by Crippen LogP contribution is 2.51. The maximum Gasteiger partial charge on any atom is 0.225 e. The molecule has 2 aliphatic rings. The molecule has 144 valence electrons. The molecule has 1 spiro atoms. The van der Waals surface area contributed by atoms with Crippen LogP contribution in [0.5, 0.6) is 0 Å². The topological polar surface area (TPSA) is 59.6 Å². The summed E-state index contributed by atoms with van der Waals surface area (Å²) in [7, 11) is 1.69. The van der Waals surface area contributed by atoms with Gasteiger partial charge in [0.25, 0.3) is 0 Å². The molecule has 1 aliphatic heterocycles. The molecule has 1 saturated heterocycles.